The van der Waals surface area contributed by atoms with Crippen LogP contribution >= 0.6 is 35.3 Å². The van der Waals surface area contributed by atoms with Gasteiger partial charge in [0.25, 0.3) is 0 Å². The SMILES string of the molecule is CCc1cnc(CCNC(=NC)N2CCN(CC(=O)N3CCCCC3)CC2)s1.I. The Bertz CT molecular complexity index is 653. The van der Waals surface area contributed by atoms with Crippen molar-refractivity contribution in [2.75, 3.05) is 59.4 Å². The van der Waals surface area contributed by atoms with Gasteiger partial charge in [-0.25, -0.2) is 4.98 Å². The number of carbonyl (C=O) groups excluding carboxylic acids is 1. The molecule has 1 amide bonds. The third kappa shape index (κ3) is 7.36. The number of aliphatic imine (C=N–C) groups is 1. The summed E-state index contributed by atoms with van der Waals surface area (Å²) in [5, 5.41) is 4.65. The second kappa shape index (κ2) is 12.7. The van der Waals surface area contributed by atoms with Crippen LogP contribution < -0.4 is 5.32 Å². The number of guanidine groups is 1. The fraction of sp³-hybridized carbons (Fsp3) is 0.750. The Balaban J connectivity index is 0.00000300. The lowest BCUT2D eigenvalue weighted by Crippen LogP contribution is -2.54. The average Bonchev–Trinajstić information content (AvgIpc) is 3.21. The maximum Gasteiger partial charge on any atom is 0.236 e. The highest BCUT2D eigenvalue weighted by molar-refractivity contribution is 14.0. The van der Waals surface area contributed by atoms with Gasteiger partial charge in [0, 0.05) is 70.4 Å². The molecule has 0 aliphatic carbocycles. The Morgan fingerprint density at radius 3 is 2.48 bits per heavy atom. The molecule has 2 aliphatic rings. The van der Waals surface area contributed by atoms with Crippen molar-refractivity contribution in [3.05, 3.63) is 16.1 Å². The van der Waals surface area contributed by atoms with Gasteiger partial charge >= 0.3 is 0 Å². The molecular formula is C20H35IN6OS. The summed E-state index contributed by atoms with van der Waals surface area (Å²) in [5.41, 5.74) is 0. The summed E-state index contributed by atoms with van der Waals surface area (Å²) in [4.78, 5) is 29.3. The molecule has 0 bridgehead atoms. The summed E-state index contributed by atoms with van der Waals surface area (Å²) in [6.45, 7) is 9.08. The van der Waals surface area contributed by atoms with Crippen molar-refractivity contribution in [1.29, 1.82) is 0 Å². The molecule has 0 saturated carbocycles. The number of thiazole rings is 1. The lowest BCUT2D eigenvalue weighted by Gasteiger charge is -2.37. The Labute approximate surface area is 196 Å². The first kappa shape index (κ1) is 24.3. The number of likely N-dealkylation sites (tertiary alicyclic amines) is 1. The topological polar surface area (TPSA) is 64.1 Å². The van der Waals surface area contributed by atoms with Crippen LogP contribution in [-0.2, 0) is 17.6 Å². The zero-order chi connectivity index (χ0) is 19.8. The number of piperidine rings is 1. The third-order valence-corrected chi connectivity index (χ3v) is 6.72. The first-order chi connectivity index (χ1) is 13.7. The highest BCUT2D eigenvalue weighted by atomic mass is 127. The minimum Gasteiger partial charge on any atom is -0.356 e. The van der Waals surface area contributed by atoms with Crippen molar-refractivity contribution in [1.82, 2.24) is 25.0 Å². The van der Waals surface area contributed by atoms with E-state index in [-0.39, 0.29) is 24.0 Å². The van der Waals surface area contributed by atoms with Gasteiger partial charge in [0.1, 0.15) is 0 Å². The molecule has 7 nitrogen and oxygen atoms in total. The quantitative estimate of drug-likeness (QED) is 0.344. The highest BCUT2D eigenvalue weighted by Gasteiger charge is 2.24. The maximum absolute atomic E-state index is 12.5. The predicted molar refractivity (Wildman–Crippen MR) is 130 cm³/mol. The summed E-state index contributed by atoms with van der Waals surface area (Å²) in [5.74, 6) is 1.25. The molecule has 1 aromatic heterocycles. The maximum atomic E-state index is 12.5. The normalized spacial score (nSPS) is 18.5. The Hall–Kier alpha value is -0.940. The van der Waals surface area contributed by atoms with Crippen molar-refractivity contribution >= 4 is 47.2 Å². The fourth-order valence-electron chi connectivity index (χ4n) is 3.79. The average molecular weight is 535 g/mol. The minimum atomic E-state index is 0. The van der Waals surface area contributed by atoms with E-state index < -0.39 is 0 Å². The van der Waals surface area contributed by atoms with Gasteiger partial charge in [0.15, 0.2) is 5.96 Å². The molecule has 9 heteroatoms. The van der Waals surface area contributed by atoms with E-state index in [9.17, 15) is 4.79 Å². The van der Waals surface area contributed by atoms with Crippen LogP contribution in [-0.4, -0.2) is 91.0 Å². The van der Waals surface area contributed by atoms with Crippen molar-refractivity contribution in [3.63, 3.8) is 0 Å². The zero-order valence-corrected chi connectivity index (χ0v) is 20.9. The number of aryl methyl sites for hydroxylation is 1. The summed E-state index contributed by atoms with van der Waals surface area (Å²) in [7, 11) is 1.84. The van der Waals surface area contributed by atoms with Crippen molar-refractivity contribution in [2.45, 2.75) is 39.0 Å². The van der Waals surface area contributed by atoms with Crippen LogP contribution in [0.3, 0.4) is 0 Å². The molecule has 1 N–H and O–H groups in total. The summed E-state index contributed by atoms with van der Waals surface area (Å²) >= 11 is 1.80. The number of halogens is 1. The number of aromatic nitrogens is 1. The van der Waals surface area contributed by atoms with E-state index in [1.54, 1.807) is 11.3 Å². The van der Waals surface area contributed by atoms with E-state index >= 15 is 0 Å². The molecule has 2 aliphatic heterocycles. The first-order valence-electron chi connectivity index (χ1n) is 10.6. The van der Waals surface area contributed by atoms with Crippen molar-refractivity contribution < 1.29 is 4.79 Å². The molecule has 0 aromatic carbocycles. The number of piperazine rings is 1. The van der Waals surface area contributed by atoms with Gasteiger partial charge in [-0.3, -0.25) is 14.7 Å². The van der Waals surface area contributed by atoms with Gasteiger partial charge in [-0.15, -0.1) is 35.3 Å². The van der Waals surface area contributed by atoms with Gasteiger partial charge in [-0.05, 0) is 25.7 Å². The molecule has 29 heavy (non-hydrogen) atoms. The molecule has 3 heterocycles. The number of hydrogen-bond donors (Lipinski definition) is 1. The molecule has 2 saturated heterocycles. The van der Waals surface area contributed by atoms with Crippen LogP contribution in [0.4, 0.5) is 0 Å². The molecule has 0 unspecified atom stereocenters. The van der Waals surface area contributed by atoms with Crippen LogP contribution in [0, 0.1) is 0 Å². The number of hydrogen-bond acceptors (Lipinski definition) is 5. The number of carbonyl (C=O) groups is 1. The largest absolute Gasteiger partial charge is 0.356 e. The van der Waals surface area contributed by atoms with Gasteiger partial charge in [-0.1, -0.05) is 6.92 Å². The highest BCUT2D eigenvalue weighted by Crippen LogP contribution is 2.13. The molecule has 164 valence electrons. The summed E-state index contributed by atoms with van der Waals surface area (Å²) in [6.07, 6.45) is 7.53. The molecule has 3 rings (SSSR count). The van der Waals surface area contributed by atoms with Gasteiger partial charge in [0.05, 0.1) is 11.6 Å². The molecule has 0 atom stereocenters. The van der Waals surface area contributed by atoms with Gasteiger partial charge in [-0.2, -0.15) is 0 Å². The lowest BCUT2D eigenvalue weighted by atomic mass is 10.1. The molecule has 0 spiro atoms. The number of nitrogens with zero attached hydrogens (tertiary/aromatic N) is 5. The second-order valence-electron chi connectivity index (χ2n) is 7.50. The second-order valence-corrected chi connectivity index (χ2v) is 8.70. The Morgan fingerprint density at radius 2 is 1.86 bits per heavy atom. The standard InChI is InChI=1S/C20H34N6OS.HI/c1-3-17-15-23-18(28-17)7-8-22-20(21-2)26-13-11-24(12-14-26)16-19(27)25-9-5-4-6-10-25;/h15H,3-14,16H2,1-2H3,(H,21,22);1H. The predicted octanol–water partition coefficient (Wildman–Crippen LogP) is 2.07. The molecule has 1 aromatic rings. The van der Waals surface area contributed by atoms with E-state index in [0.717, 1.165) is 77.5 Å². The van der Waals surface area contributed by atoms with Crippen LogP contribution in [0.25, 0.3) is 0 Å². The molecular weight excluding hydrogens is 499 g/mol. The van der Waals surface area contributed by atoms with Crippen LogP contribution in [0.15, 0.2) is 11.2 Å². The van der Waals surface area contributed by atoms with Crippen molar-refractivity contribution in [2.24, 2.45) is 4.99 Å². The zero-order valence-electron chi connectivity index (χ0n) is 17.7. The van der Waals surface area contributed by atoms with E-state index in [1.807, 2.05) is 18.1 Å². The molecule has 2 fully saturated rings. The number of rotatable bonds is 6. The Kier molecular flexibility index (Phi) is 10.6. The minimum absolute atomic E-state index is 0. The first-order valence-corrected chi connectivity index (χ1v) is 11.4. The van der Waals surface area contributed by atoms with Gasteiger partial charge < -0.3 is 15.1 Å². The number of amides is 1. The monoisotopic (exact) mass is 534 g/mol. The van der Waals surface area contributed by atoms with E-state index in [2.05, 4.69) is 32.0 Å². The van der Waals surface area contributed by atoms with Gasteiger partial charge in [0.2, 0.25) is 5.91 Å². The summed E-state index contributed by atoms with van der Waals surface area (Å²) in [6, 6.07) is 0. The Morgan fingerprint density at radius 1 is 1.14 bits per heavy atom. The van der Waals surface area contributed by atoms with Crippen LogP contribution in [0.1, 0.15) is 36.1 Å². The van der Waals surface area contributed by atoms with E-state index in [4.69, 9.17) is 0 Å². The summed E-state index contributed by atoms with van der Waals surface area (Å²) < 4.78 is 0. The van der Waals surface area contributed by atoms with Crippen LogP contribution in [0.5, 0.6) is 0 Å². The van der Waals surface area contributed by atoms with E-state index in [1.165, 1.54) is 16.3 Å². The molecule has 0 radical (unpaired) electrons. The third-order valence-electron chi connectivity index (χ3n) is 5.52. The van der Waals surface area contributed by atoms with Crippen LogP contribution in [0.2, 0.25) is 0 Å². The van der Waals surface area contributed by atoms with Crippen molar-refractivity contribution in [3.8, 4) is 0 Å². The lowest BCUT2D eigenvalue weighted by molar-refractivity contribution is -0.133. The smallest absolute Gasteiger partial charge is 0.236 e. The van der Waals surface area contributed by atoms with E-state index in [0.29, 0.717) is 12.5 Å². The number of nitrogens with one attached hydrogen (secondary N) is 1. The fourth-order valence-corrected chi connectivity index (χ4v) is 4.65.